The van der Waals surface area contributed by atoms with E-state index in [0.717, 1.165) is 61.2 Å². The third kappa shape index (κ3) is 11.3. The van der Waals surface area contributed by atoms with Crippen molar-refractivity contribution in [3.05, 3.63) is 132 Å². The monoisotopic (exact) mass is 808 g/mol. The van der Waals surface area contributed by atoms with Crippen molar-refractivity contribution in [2.24, 2.45) is 0 Å². The number of aliphatic hydroxyl groups excluding tert-OH is 2. The van der Waals surface area contributed by atoms with E-state index in [-0.39, 0.29) is 84.1 Å². The quantitative estimate of drug-likeness (QED) is 0.0968. The number of aliphatic hydroxyl groups is 2. The molecule has 0 aliphatic heterocycles. The molecule has 0 bridgehead atoms. The molecular formula is C46H48O7Ti2. The topological polar surface area (TPSA) is 153 Å². The summed E-state index contributed by atoms with van der Waals surface area (Å²) < 4.78 is 0. The predicted octanol–water partition coefficient (Wildman–Crippen LogP) is 8.29. The summed E-state index contributed by atoms with van der Waals surface area (Å²) in [5, 5.41) is 65.9. The van der Waals surface area contributed by atoms with Gasteiger partial charge in [0.2, 0.25) is 0 Å². The molecule has 282 valence electrons. The van der Waals surface area contributed by atoms with Gasteiger partial charge in [0.1, 0.15) is 23.0 Å². The van der Waals surface area contributed by atoms with Gasteiger partial charge in [0.05, 0.1) is 0 Å². The molecule has 0 amide bonds. The van der Waals surface area contributed by atoms with Gasteiger partial charge in [-0.25, -0.2) is 0 Å². The van der Waals surface area contributed by atoms with Crippen molar-refractivity contribution in [3.8, 4) is 45.3 Å². The molecule has 0 atom stereocenters. The molecule has 7 aromatic rings. The average molecular weight is 809 g/mol. The van der Waals surface area contributed by atoms with E-state index in [1.54, 1.807) is 52.0 Å². The maximum Gasteiger partial charge on any atom is 0.124 e. The second-order valence-electron chi connectivity index (χ2n) is 13.2. The van der Waals surface area contributed by atoms with E-state index in [1.807, 2.05) is 97.1 Å². The van der Waals surface area contributed by atoms with Crippen LogP contribution in [0.25, 0.3) is 66.7 Å². The molecule has 0 unspecified atom stereocenters. The molecule has 1 aliphatic carbocycles. The summed E-state index contributed by atoms with van der Waals surface area (Å²) >= 11 is 0. The molecule has 8 rings (SSSR count). The van der Waals surface area contributed by atoms with Crippen LogP contribution in [0.3, 0.4) is 0 Å². The van der Waals surface area contributed by atoms with Crippen molar-refractivity contribution in [2.45, 2.75) is 52.7 Å². The van der Waals surface area contributed by atoms with E-state index in [9.17, 15) is 20.4 Å². The number of hydrogen-bond donors (Lipinski definition) is 6. The van der Waals surface area contributed by atoms with Gasteiger partial charge in [-0.2, -0.15) is 0 Å². The zero-order chi connectivity index (χ0) is 37.4. The van der Waals surface area contributed by atoms with Gasteiger partial charge in [-0.15, -0.1) is 0 Å². The molecule has 55 heavy (non-hydrogen) atoms. The SMILES string of the molecule is CC(C)O.CC(C)O.O.Oc1ccc2c(c1-c1c(O)ccc3ccccc13)=CCCC=2.Oc1ccc2ccccc2c1-c1c(O)ccc2ccccc12.[Ti].[Ti]. The van der Waals surface area contributed by atoms with Crippen molar-refractivity contribution in [1.29, 1.82) is 0 Å². The summed E-state index contributed by atoms with van der Waals surface area (Å²) in [5.74, 6) is 0.744. The van der Waals surface area contributed by atoms with Gasteiger partial charge in [-0.3, -0.25) is 0 Å². The summed E-state index contributed by atoms with van der Waals surface area (Å²) in [4.78, 5) is 0. The van der Waals surface area contributed by atoms with Gasteiger partial charge >= 0.3 is 0 Å². The number of fused-ring (bicyclic) bond motifs is 4. The molecule has 7 aromatic carbocycles. The minimum Gasteiger partial charge on any atom is -0.507 e. The number of benzene rings is 7. The molecule has 0 spiro atoms. The van der Waals surface area contributed by atoms with Gasteiger partial charge in [0.25, 0.3) is 0 Å². The summed E-state index contributed by atoms with van der Waals surface area (Å²) in [6, 6.07) is 38.0. The molecule has 0 fully saturated rings. The molecule has 0 heterocycles. The largest absolute Gasteiger partial charge is 0.507 e. The maximum atomic E-state index is 10.5. The Hall–Kier alpha value is -4.43. The maximum absolute atomic E-state index is 10.5. The fraction of sp³-hybridized carbons (Fsp3) is 0.174. The van der Waals surface area contributed by atoms with Crippen molar-refractivity contribution in [1.82, 2.24) is 0 Å². The Morgan fingerprint density at radius 1 is 0.400 bits per heavy atom. The Labute approximate surface area is 351 Å². The third-order valence-corrected chi connectivity index (χ3v) is 8.36. The van der Waals surface area contributed by atoms with Gasteiger partial charge in [0, 0.05) is 77.9 Å². The average Bonchev–Trinajstić information content (AvgIpc) is 3.12. The minimum absolute atomic E-state index is 0. The standard InChI is InChI=1S/C20H16O2.C20H14O2.2C3H8O.H2O.2Ti/c2*21-17-11-9-13-5-1-3-7-15(13)19(17)20-16-8-4-2-6-14(16)10-12-18(20)22;2*1-3(2)4;;;/h1,3,5-12,21-22H,2,4H2;1-12,21-22H;2*3-4H,1-2H3;1H2;;. The number of phenols is 4. The molecule has 0 aromatic heterocycles. The number of aromatic hydroxyl groups is 4. The van der Waals surface area contributed by atoms with Crippen LogP contribution in [0.15, 0.2) is 121 Å². The van der Waals surface area contributed by atoms with Crippen LogP contribution in [0.5, 0.6) is 23.0 Å². The Bertz CT molecular complexity index is 2370. The van der Waals surface area contributed by atoms with Crippen molar-refractivity contribution in [2.75, 3.05) is 0 Å². The van der Waals surface area contributed by atoms with Crippen molar-refractivity contribution in [3.63, 3.8) is 0 Å². The zero-order valence-electron chi connectivity index (χ0n) is 31.5. The summed E-state index contributed by atoms with van der Waals surface area (Å²) in [6.45, 7) is 6.89. The fourth-order valence-corrected chi connectivity index (χ4v) is 6.32. The summed E-state index contributed by atoms with van der Waals surface area (Å²) in [7, 11) is 0. The van der Waals surface area contributed by atoms with E-state index < -0.39 is 0 Å². The zero-order valence-corrected chi connectivity index (χ0v) is 34.6. The van der Waals surface area contributed by atoms with Gasteiger partial charge < -0.3 is 36.1 Å². The molecule has 0 saturated heterocycles. The Kier molecular flexibility index (Phi) is 18.4. The molecule has 9 heteroatoms. The van der Waals surface area contributed by atoms with Crippen molar-refractivity contribution < 1.29 is 79.6 Å². The van der Waals surface area contributed by atoms with E-state index in [2.05, 4.69) is 12.2 Å². The van der Waals surface area contributed by atoms with Crippen LogP contribution in [0, 0.1) is 0 Å². The number of rotatable bonds is 2. The van der Waals surface area contributed by atoms with Crippen LogP contribution in [0.2, 0.25) is 0 Å². The van der Waals surface area contributed by atoms with Crippen LogP contribution in [-0.2, 0) is 43.4 Å². The first-order valence-corrected chi connectivity index (χ1v) is 17.5. The number of phenolic OH excluding ortho intramolecular Hbond substituents is 4. The van der Waals surface area contributed by atoms with Crippen LogP contribution < -0.4 is 10.4 Å². The fourth-order valence-electron chi connectivity index (χ4n) is 6.32. The molecule has 0 radical (unpaired) electrons. The van der Waals surface area contributed by atoms with Crippen molar-refractivity contribution >= 4 is 44.5 Å². The normalized spacial score (nSPS) is 11.1. The smallest absolute Gasteiger partial charge is 0.124 e. The molecule has 0 saturated carbocycles. The van der Waals surface area contributed by atoms with Gasteiger partial charge in [-0.1, -0.05) is 109 Å². The van der Waals surface area contributed by atoms with E-state index >= 15 is 0 Å². The van der Waals surface area contributed by atoms with Gasteiger partial charge in [-0.05, 0) is 108 Å². The Morgan fingerprint density at radius 2 is 0.691 bits per heavy atom. The van der Waals surface area contributed by atoms with Gasteiger partial charge in [0.15, 0.2) is 0 Å². The van der Waals surface area contributed by atoms with E-state index in [0.29, 0.717) is 16.7 Å². The van der Waals surface area contributed by atoms with E-state index in [1.165, 1.54) is 0 Å². The molecule has 8 N–H and O–H groups in total. The summed E-state index contributed by atoms with van der Waals surface area (Å²) in [5.41, 5.74) is 2.78. The van der Waals surface area contributed by atoms with E-state index in [4.69, 9.17) is 10.2 Å². The number of hydrogen-bond acceptors (Lipinski definition) is 6. The molecule has 7 nitrogen and oxygen atoms in total. The summed E-state index contributed by atoms with van der Waals surface area (Å²) in [6.07, 6.45) is 5.96. The second kappa shape index (κ2) is 21.6. The molecule has 1 aliphatic rings. The van der Waals surface area contributed by atoms with Crippen LogP contribution >= 0.6 is 0 Å². The Balaban J connectivity index is 0.000000305. The van der Waals surface area contributed by atoms with Crippen LogP contribution in [0.1, 0.15) is 40.5 Å². The first-order valence-electron chi connectivity index (χ1n) is 17.5. The second-order valence-corrected chi connectivity index (χ2v) is 13.2. The first-order chi connectivity index (χ1) is 25.0. The van der Waals surface area contributed by atoms with Crippen LogP contribution in [0.4, 0.5) is 0 Å². The molecular weight excluding hydrogens is 760 g/mol. The van der Waals surface area contributed by atoms with Crippen LogP contribution in [-0.4, -0.2) is 48.3 Å². The minimum atomic E-state index is -0.167. The third-order valence-electron chi connectivity index (χ3n) is 8.36. The Morgan fingerprint density at radius 3 is 1.07 bits per heavy atom. The first kappa shape index (κ1) is 46.7. The predicted molar refractivity (Wildman–Crippen MR) is 219 cm³/mol.